The first-order valence-corrected chi connectivity index (χ1v) is 6.91. The van der Waals surface area contributed by atoms with E-state index in [1.807, 2.05) is 0 Å². The molecule has 1 aromatic rings. The number of aliphatic carboxylic acids is 1. The van der Waals surface area contributed by atoms with E-state index in [0.29, 0.717) is 26.1 Å². The fourth-order valence-corrected chi connectivity index (χ4v) is 2.48. The van der Waals surface area contributed by atoms with Gasteiger partial charge in [-0.3, -0.25) is 14.3 Å². The van der Waals surface area contributed by atoms with E-state index in [9.17, 15) is 22.8 Å². The molecule has 1 amide bonds. The van der Waals surface area contributed by atoms with Gasteiger partial charge in [0.2, 0.25) is 5.91 Å². The second-order valence-corrected chi connectivity index (χ2v) is 5.41. The van der Waals surface area contributed by atoms with Crippen LogP contribution in [0.3, 0.4) is 0 Å². The number of alkyl halides is 3. The van der Waals surface area contributed by atoms with Crippen molar-refractivity contribution in [2.75, 3.05) is 13.2 Å². The second kappa shape index (κ2) is 6.57. The molecule has 2 rings (SSSR count). The number of nitrogens with zero attached hydrogens (tertiary/aromatic N) is 2. The lowest BCUT2D eigenvalue weighted by Gasteiger charge is -2.36. The van der Waals surface area contributed by atoms with E-state index >= 15 is 0 Å². The Balaban J connectivity index is 2.01. The summed E-state index contributed by atoms with van der Waals surface area (Å²) in [5.41, 5.74) is -2.03. The maximum Gasteiger partial charge on any atom is 0.435 e. The molecular formula is C13H16F3N3O4. The molecule has 0 aromatic carbocycles. The molecule has 1 aliphatic heterocycles. The summed E-state index contributed by atoms with van der Waals surface area (Å²) in [6, 6.07) is 0.773. The van der Waals surface area contributed by atoms with Crippen molar-refractivity contribution >= 4 is 11.9 Å². The maximum absolute atomic E-state index is 12.5. The number of amides is 1. The predicted molar refractivity (Wildman–Crippen MR) is 70.4 cm³/mol. The Morgan fingerprint density at radius 1 is 1.39 bits per heavy atom. The second-order valence-electron chi connectivity index (χ2n) is 5.41. The third-order valence-corrected chi connectivity index (χ3v) is 3.58. The average Bonchev–Trinajstić information content (AvgIpc) is 2.86. The van der Waals surface area contributed by atoms with Gasteiger partial charge in [0.05, 0.1) is 12.0 Å². The molecule has 0 aliphatic carbocycles. The fourth-order valence-electron chi connectivity index (χ4n) is 2.48. The molecule has 2 heterocycles. The van der Waals surface area contributed by atoms with Crippen molar-refractivity contribution < 1.29 is 32.6 Å². The molecule has 1 fully saturated rings. The monoisotopic (exact) mass is 335 g/mol. The normalized spacial score (nSPS) is 17.7. The average molecular weight is 335 g/mol. The van der Waals surface area contributed by atoms with Crippen LogP contribution in [0.2, 0.25) is 0 Å². The molecule has 23 heavy (non-hydrogen) atoms. The number of nitrogens with one attached hydrogen (secondary N) is 1. The third-order valence-electron chi connectivity index (χ3n) is 3.58. The summed E-state index contributed by atoms with van der Waals surface area (Å²) in [5, 5.41) is 14.9. The van der Waals surface area contributed by atoms with Crippen LogP contribution >= 0.6 is 0 Å². The van der Waals surface area contributed by atoms with Crippen molar-refractivity contribution in [2.24, 2.45) is 0 Å². The van der Waals surface area contributed by atoms with E-state index in [4.69, 9.17) is 9.84 Å². The highest BCUT2D eigenvalue weighted by Crippen LogP contribution is 2.27. The van der Waals surface area contributed by atoms with Crippen molar-refractivity contribution in [1.82, 2.24) is 15.1 Å². The van der Waals surface area contributed by atoms with Gasteiger partial charge in [0, 0.05) is 19.4 Å². The Kier molecular flexibility index (Phi) is 4.93. The highest BCUT2D eigenvalue weighted by Gasteiger charge is 2.37. The standard InChI is InChI=1S/C13H16F3N3O4/c14-13(15,16)9-1-4-19(18-9)8-10(20)17-12(7-11(21)22)2-5-23-6-3-12/h1,4H,2-3,5-8H2,(H,17,20)(H,21,22). The minimum atomic E-state index is -4.58. The van der Waals surface area contributed by atoms with Crippen LogP contribution in [0.15, 0.2) is 12.3 Å². The molecule has 0 spiro atoms. The van der Waals surface area contributed by atoms with Crippen molar-refractivity contribution in [3.05, 3.63) is 18.0 Å². The number of halogens is 3. The number of ether oxygens (including phenoxy) is 1. The summed E-state index contributed by atoms with van der Waals surface area (Å²) < 4.78 is 43.4. The minimum absolute atomic E-state index is 0.269. The SMILES string of the molecule is O=C(O)CC1(NC(=O)Cn2ccc(C(F)(F)F)n2)CCOCC1. The van der Waals surface area contributed by atoms with Gasteiger partial charge >= 0.3 is 12.1 Å². The number of carbonyl (C=O) groups is 2. The summed E-state index contributed by atoms with van der Waals surface area (Å²) in [5.74, 6) is -1.66. The summed E-state index contributed by atoms with van der Waals surface area (Å²) in [6.45, 7) is 0.208. The molecular weight excluding hydrogens is 319 g/mol. The molecule has 128 valence electrons. The number of carbonyl (C=O) groups excluding carboxylic acids is 1. The quantitative estimate of drug-likeness (QED) is 0.839. The van der Waals surface area contributed by atoms with Crippen LogP contribution in [0, 0.1) is 0 Å². The first kappa shape index (κ1) is 17.3. The van der Waals surface area contributed by atoms with Gasteiger partial charge < -0.3 is 15.2 Å². The number of rotatable bonds is 5. The lowest BCUT2D eigenvalue weighted by Crippen LogP contribution is -2.54. The first-order valence-electron chi connectivity index (χ1n) is 6.91. The van der Waals surface area contributed by atoms with Crippen molar-refractivity contribution in [3.63, 3.8) is 0 Å². The third kappa shape index (κ3) is 4.68. The Morgan fingerprint density at radius 2 is 2.04 bits per heavy atom. The lowest BCUT2D eigenvalue weighted by atomic mass is 9.86. The molecule has 1 saturated heterocycles. The number of hydrogen-bond acceptors (Lipinski definition) is 4. The van der Waals surface area contributed by atoms with E-state index in [0.717, 1.165) is 16.9 Å². The van der Waals surface area contributed by atoms with Gasteiger partial charge in [0.15, 0.2) is 5.69 Å². The number of carboxylic acid groups (broad SMARTS) is 1. The number of aromatic nitrogens is 2. The molecule has 0 bridgehead atoms. The van der Waals surface area contributed by atoms with Gasteiger partial charge in [-0.05, 0) is 18.9 Å². The smallest absolute Gasteiger partial charge is 0.435 e. The van der Waals surface area contributed by atoms with E-state index in [2.05, 4.69) is 10.4 Å². The maximum atomic E-state index is 12.5. The summed E-state index contributed by atoms with van der Waals surface area (Å²) in [4.78, 5) is 23.0. The molecule has 10 heteroatoms. The van der Waals surface area contributed by atoms with Gasteiger partial charge in [-0.25, -0.2) is 0 Å². The largest absolute Gasteiger partial charge is 0.481 e. The minimum Gasteiger partial charge on any atom is -0.481 e. The molecule has 1 aromatic heterocycles. The summed E-state index contributed by atoms with van der Waals surface area (Å²) in [7, 11) is 0. The molecule has 0 saturated carbocycles. The predicted octanol–water partition coefficient (Wildman–Crippen LogP) is 1.04. The van der Waals surface area contributed by atoms with Gasteiger partial charge in [0.25, 0.3) is 0 Å². The van der Waals surface area contributed by atoms with E-state index in [1.54, 1.807) is 0 Å². The summed E-state index contributed by atoms with van der Waals surface area (Å²) >= 11 is 0. The Morgan fingerprint density at radius 3 is 2.57 bits per heavy atom. The van der Waals surface area contributed by atoms with Gasteiger partial charge in [-0.1, -0.05) is 0 Å². The highest BCUT2D eigenvalue weighted by molar-refractivity contribution is 5.78. The zero-order valence-electron chi connectivity index (χ0n) is 12.1. The van der Waals surface area contributed by atoms with Crippen LogP contribution in [0.25, 0.3) is 0 Å². The Hall–Kier alpha value is -2.10. The van der Waals surface area contributed by atoms with E-state index in [-0.39, 0.29) is 6.42 Å². The van der Waals surface area contributed by atoms with E-state index < -0.39 is 35.8 Å². The molecule has 2 N–H and O–H groups in total. The van der Waals surface area contributed by atoms with E-state index in [1.165, 1.54) is 0 Å². The van der Waals surface area contributed by atoms with Crippen LogP contribution in [-0.2, 0) is 27.0 Å². The van der Waals surface area contributed by atoms with Crippen LogP contribution in [0.1, 0.15) is 25.0 Å². The van der Waals surface area contributed by atoms with Crippen LogP contribution < -0.4 is 5.32 Å². The molecule has 7 nitrogen and oxygen atoms in total. The van der Waals surface area contributed by atoms with Crippen molar-refractivity contribution in [1.29, 1.82) is 0 Å². The molecule has 0 atom stereocenters. The highest BCUT2D eigenvalue weighted by atomic mass is 19.4. The van der Waals surface area contributed by atoms with Gasteiger partial charge in [-0.2, -0.15) is 18.3 Å². The Labute approximate surface area is 129 Å². The first-order chi connectivity index (χ1) is 10.7. The van der Waals surface area contributed by atoms with Crippen molar-refractivity contribution in [2.45, 2.75) is 37.5 Å². The van der Waals surface area contributed by atoms with Gasteiger partial charge in [0.1, 0.15) is 6.54 Å². The molecule has 0 unspecified atom stereocenters. The van der Waals surface area contributed by atoms with Crippen LogP contribution in [0.5, 0.6) is 0 Å². The molecule has 1 aliphatic rings. The Bertz CT molecular complexity index is 579. The van der Waals surface area contributed by atoms with Gasteiger partial charge in [-0.15, -0.1) is 0 Å². The number of hydrogen-bond donors (Lipinski definition) is 2. The zero-order chi connectivity index (χ0) is 17.1. The summed E-state index contributed by atoms with van der Waals surface area (Å²) in [6.07, 6.45) is -3.13. The molecule has 0 radical (unpaired) electrons. The van der Waals surface area contributed by atoms with Crippen LogP contribution in [-0.4, -0.2) is 45.5 Å². The number of carboxylic acids is 1. The lowest BCUT2D eigenvalue weighted by molar-refractivity contribution is -0.143. The van der Waals surface area contributed by atoms with Crippen LogP contribution in [0.4, 0.5) is 13.2 Å². The topological polar surface area (TPSA) is 93.5 Å². The zero-order valence-corrected chi connectivity index (χ0v) is 12.1. The fraction of sp³-hybridized carbons (Fsp3) is 0.615. The van der Waals surface area contributed by atoms with Crippen molar-refractivity contribution in [3.8, 4) is 0 Å².